The van der Waals surface area contributed by atoms with E-state index in [0.717, 1.165) is 30.0 Å². The Morgan fingerprint density at radius 1 is 1.46 bits per heavy atom. The highest BCUT2D eigenvalue weighted by Crippen LogP contribution is 2.22. The van der Waals surface area contributed by atoms with Crippen LogP contribution in [-0.2, 0) is 17.9 Å². The van der Waals surface area contributed by atoms with Crippen molar-refractivity contribution in [3.8, 4) is 5.75 Å². The van der Waals surface area contributed by atoms with Gasteiger partial charge >= 0.3 is 5.97 Å². The van der Waals surface area contributed by atoms with Crippen LogP contribution in [0.4, 0.5) is 0 Å². The van der Waals surface area contributed by atoms with Crippen LogP contribution >= 0.6 is 0 Å². The van der Waals surface area contributed by atoms with Gasteiger partial charge in [-0.2, -0.15) is 5.10 Å². The van der Waals surface area contributed by atoms with Crippen molar-refractivity contribution in [2.75, 3.05) is 26.7 Å². The van der Waals surface area contributed by atoms with Crippen molar-refractivity contribution >= 4 is 5.97 Å². The van der Waals surface area contributed by atoms with Crippen molar-refractivity contribution in [2.24, 2.45) is 0 Å². The molecule has 7 nitrogen and oxygen atoms in total. The average Bonchev–Trinajstić information content (AvgIpc) is 3.08. The molecule has 2 heterocycles. The number of carboxylic acids is 1. The van der Waals surface area contributed by atoms with E-state index in [-0.39, 0.29) is 0 Å². The van der Waals surface area contributed by atoms with E-state index in [1.807, 2.05) is 29.1 Å². The Morgan fingerprint density at radius 3 is 3.04 bits per heavy atom. The standard InChI is InChI=1S/C17H22N4O3/c1-24-16-4-3-13(9-14(16)11-21-7-2-5-19-21)10-20-8-6-18-15(12-20)17(22)23/h2-5,7,9,15,18H,6,8,10-12H2,1H3,(H,22,23). The van der Waals surface area contributed by atoms with Gasteiger partial charge in [0.05, 0.1) is 13.7 Å². The first-order valence-corrected chi connectivity index (χ1v) is 7.97. The van der Waals surface area contributed by atoms with E-state index in [0.29, 0.717) is 19.6 Å². The van der Waals surface area contributed by atoms with Crippen LogP contribution in [0, 0.1) is 0 Å². The van der Waals surface area contributed by atoms with Crippen molar-refractivity contribution in [3.63, 3.8) is 0 Å². The molecule has 1 aromatic heterocycles. The van der Waals surface area contributed by atoms with Gasteiger partial charge in [-0.3, -0.25) is 14.4 Å². The normalized spacial score (nSPS) is 18.5. The first-order chi connectivity index (χ1) is 11.7. The molecule has 1 unspecified atom stereocenters. The van der Waals surface area contributed by atoms with Gasteiger partial charge < -0.3 is 15.2 Å². The second-order valence-corrected chi connectivity index (χ2v) is 5.93. The van der Waals surface area contributed by atoms with Crippen LogP contribution in [0.1, 0.15) is 11.1 Å². The minimum Gasteiger partial charge on any atom is -0.496 e. The SMILES string of the molecule is COc1ccc(CN2CCNC(C(=O)O)C2)cc1Cn1cccn1. The van der Waals surface area contributed by atoms with Crippen LogP contribution in [0.3, 0.4) is 0 Å². The van der Waals surface area contributed by atoms with Crippen molar-refractivity contribution in [3.05, 3.63) is 47.8 Å². The highest BCUT2D eigenvalue weighted by atomic mass is 16.5. The fourth-order valence-electron chi connectivity index (χ4n) is 3.00. The molecule has 2 aromatic rings. The fourth-order valence-corrected chi connectivity index (χ4v) is 3.00. The lowest BCUT2D eigenvalue weighted by Gasteiger charge is -2.31. The molecule has 2 N–H and O–H groups in total. The smallest absolute Gasteiger partial charge is 0.322 e. The number of ether oxygens (including phenoxy) is 1. The number of aliphatic carboxylic acids is 1. The van der Waals surface area contributed by atoms with Crippen molar-refractivity contribution < 1.29 is 14.6 Å². The van der Waals surface area contributed by atoms with Crippen LogP contribution in [-0.4, -0.2) is 58.5 Å². The molecule has 24 heavy (non-hydrogen) atoms. The molecule has 7 heteroatoms. The summed E-state index contributed by atoms with van der Waals surface area (Å²) in [5.41, 5.74) is 2.20. The van der Waals surface area contributed by atoms with E-state index in [9.17, 15) is 4.79 Å². The Labute approximate surface area is 140 Å². The molecule has 0 aliphatic carbocycles. The zero-order valence-electron chi connectivity index (χ0n) is 13.7. The van der Waals surface area contributed by atoms with E-state index < -0.39 is 12.0 Å². The van der Waals surface area contributed by atoms with Gasteiger partial charge in [0.15, 0.2) is 0 Å². The number of methoxy groups -OCH3 is 1. The van der Waals surface area contributed by atoms with E-state index in [4.69, 9.17) is 9.84 Å². The van der Waals surface area contributed by atoms with Crippen LogP contribution in [0.15, 0.2) is 36.7 Å². The Kier molecular flexibility index (Phi) is 5.12. The lowest BCUT2D eigenvalue weighted by atomic mass is 10.1. The number of nitrogens with one attached hydrogen (secondary N) is 1. The molecule has 1 saturated heterocycles. The van der Waals surface area contributed by atoms with Gasteiger partial charge in [0, 0.05) is 44.1 Å². The molecule has 128 valence electrons. The summed E-state index contributed by atoms with van der Waals surface area (Å²) in [7, 11) is 1.66. The van der Waals surface area contributed by atoms with Gasteiger partial charge in [-0.25, -0.2) is 0 Å². The third kappa shape index (κ3) is 3.93. The van der Waals surface area contributed by atoms with E-state index in [1.165, 1.54) is 0 Å². The Bertz CT molecular complexity index is 687. The molecule has 0 amide bonds. The van der Waals surface area contributed by atoms with E-state index in [1.54, 1.807) is 13.3 Å². The van der Waals surface area contributed by atoms with Crippen molar-refractivity contribution in [1.82, 2.24) is 20.0 Å². The summed E-state index contributed by atoms with van der Waals surface area (Å²) in [6.07, 6.45) is 3.67. The van der Waals surface area contributed by atoms with Crippen LogP contribution < -0.4 is 10.1 Å². The maximum absolute atomic E-state index is 11.2. The summed E-state index contributed by atoms with van der Waals surface area (Å²) >= 11 is 0. The maximum atomic E-state index is 11.2. The third-order valence-corrected chi connectivity index (χ3v) is 4.20. The highest BCUT2D eigenvalue weighted by Gasteiger charge is 2.24. The molecule has 0 saturated carbocycles. The van der Waals surface area contributed by atoms with E-state index >= 15 is 0 Å². The maximum Gasteiger partial charge on any atom is 0.322 e. The Balaban J connectivity index is 1.72. The molecule has 1 atom stereocenters. The molecule has 1 aromatic carbocycles. The molecule has 0 spiro atoms. The third-order valence-electron chi connectivity index (χ3n) is 4.20. The second kappa shape index (κ2) is 7.46. The summed E-state index contributed by atoms with van der Waals surface area (Å²) in [5.74, 6) is 0.0341. The number of hydrogen-bond donors (Lipinski definition) is 2. The predicted molar refractivity (Wildman–Crippen MR) is 89.0 cm³/mol. The number of carboxylic acid groups (broad SMARTS) is 1. The predicted octanol–water partition coefficient (Wildman–Crippen LogP) is 0.798. The lowest BCUT2D eigenvalue weighted by Crippen LogP contribution is -2.53. The minimum atomic E-state index is -0.797. The monoisotopic (exact) mass is 330 g/mol. The van der Waals surface area contributed by atoms with Gasteiger partial charge in [-0.05, 0) is 23.8 Å². The van der Waals surface area contributed by atoms with Gasteiger partial charge in [-0.15, -0.1) is 0 Å². The van der Waals surface area contributed by atoms with Gasteiger partial charge in [0.25, 0.3) is 0 Å². The number of hydrogen-bond acceptors (Lipinski definition) is 5. The van der Waals surface area contributed by atoms with Crippen LogP contribution in [0.25, 0.3) is 0 Å². The Morgan fingerprint density at radius 2 is 2.33 bits per heavy atom. The number of carbonyl (C=O) groups is 1. The molecular weight excluding hydrogens is 308 g/mol. The highest BCUT2D eigenvalue weighted by molar-refractivity contribution is 5.73. The first-order valence-electron chi connectivity index (χ1n) is 7.97. The van der Waals surface area contributed by atoms with Gasteiger partial charge in [0.2, 0.25) is 0 Å². The first kappa shape index (κ1) is 16.5. The molecule has 3 rings (SSSR count). The minimum absolute atomic E-state index is 0.499. The summed E-state index contributed by atoms with van der Waals surface area (Å²) in [6, 6.07) is 7.50. The Hall–Kier alpha value is -2.38. The second-order valence-electron chi connectivity index (χ2n) is 5.93. The lowest BCUT2D eigenvalue weighted by molar-refractivity contribution is -0.140. The number of rotatable bonds is 6. The molecule has 1 aliphatic rings. The van der Waals surface area contributed by atoms with Crippen molar-refractivity contribution in [2.45, 2.75) is 19.1 Å². The molecule has 0 bridgehead atoms. The average molecular weight is 330 g/mol. The summed E-state index contributed by atoms with van der Waals surface area (Å²) in [5, 5.41) is 16.4. The topological polar surface area (TPSA) is 79.6 Å². The van der Waals surface area contributed by atoms with Crippen molar-refractivity contribution in [1.29, 1.82) is 0 Å². The number of piperazine rings is 1. The van der Waals surface area contributed by atoms with Crippen LogP contribution in [0.2, 0.25) is 0 Å². The zero-order valence-corrected chi connectivity index (χ0v) is 13.7. The molecular formula is C17H22N4O3. The summed E-state index contributed by atoms with van der Waals surface area (Å²) in [6.45, 7) is 3.40. The number of benzene rings is 1. The fraction of sp³-hybridized carbons (Fsp3) is 0.412. The largest absolute Gasteiger partial charge is 0.496 e. The molecule has 1 aliphatic heterocycles. The molecule has 1 fully saturated rings. The zero-order chi connectivity index (χ0) is 16.9. The van der Waals surface area contributed by atoms with E-state index in [2.05, 4.69) is 21.4 Å². The quantitative estimate of drug-likeness (QED) is 0.815. The van der Waals surface area contributed by atoms with Gasteiger partial charge in [-0.1, -0.05) is 6.07 Å². The summed E-state index contributed by atoms with van der Waals surface area (Å²) < 4.78 is 7.30. The van der Waals surface area contributed by atoms with Gasteiger partial charge in [0.1, 0.15) is 11.8 Å². The number of nitrogens with zero attached hydrogens (tertiary/aromatic N) is 3. The summed E-state index contributed by atoms with van der Waals surface area (Å²) in [4.78, 5) is 13.3. The number of aromatic nitrogens is 2. The molecule has 0 radical (unpaired) electrons. The van der Waals surface area contributed by atoms with Crippen LogP contribution in [0.5, 0.6) is 5.75 Å².